The SMILES string of the molecule is CNC1=N[C@@H]2[C@@H](O)[C@H](O)[C@@H](CNCN)O[C@@H]2S1. The third kappa shape index (κ3) is 2.56. The van der Waals surface area contributed by atoms with E-state index in [0.717, 1.165) is 5.17 Å². The minimum Gasteiger partial charge on any atom is -0.388 e. The van der Waals surface area contributed by atoms with Crippen molar-refractivity contribution in [2.75, 3.05) is 20.3 Å². The van der Waals surface area contributed by atoms with Crippen molar-refractivity contribution in [3.63, 3.8) is 0 Å². The predicted molar refractivity (Wildman–Crippen MR) is 65.6 cm³/mol. The number of aliphatic hydroxyl groups is 2. The van der Waals surface area contributed by atoms with Gasteiger partial charge in [-0.2, -0.15) is 0 Å². The highest BCUT2D eigenvalue weighted by atomic mass is 32.2. The number of fused-ring (bicyclic) bond motifs is 1. The van der Waals surface area contributed by atoms with Gasteiger partial charge in [-0.15, -0.1) is 0 Å². The largest absolute Gasteiger partial charge is 0.388 e. The summed E-state index contributed by atoms with van der Waals surface area (Å²) in [5.41, 5.74) is 5.08. The van der Waals surface area contributed by atoms with Crippen LogP contribution in [0.2, 0.25) is 0 Å². The number of hydrogen-bond donors (Lipinski definition) is 5. The quantitative estimate of drug-likeness (QED) is 0.361. The summed E-state index contributed by atoms with van der Waals surface area (Å²) in [6, 6.07) is -0.411. The van der Waals surface area contributed by atoms with Crippen molar-refractivity contribution in [2.24, 2.45) is 10.7 Å². The van der Waals surface area contributed by atoms with Crippen LogP contribution in [-0.4, -0.2) is 65.4 Å². The fourth-order valence-corrected chi connectivity index (χ4v) is 3.02. The number of ether oxygens (including phenoxy) is 1. The molecule has 0 amide bonds. The molecule has 0 saturated carbocycles. The molecule has 0 aromatic heterocycles. The van der Waals surface area contributed by atoms with Gasteiger partial charge in [0, 0.05) is 20.3 Å². The number of hydrogen-bond acceptors (Lipinski definition) is 8. The Labute approximate surface area is 104 Å². The topological polar surface area (TPSA) is 112 Å². The van der Waals surface area contributed by atoms with Crippen LogP contribution in [0.1, 0.15) is 0 Å². The number of rotatable bonds is 3. The Bertz CT molecular complexity index is 304. The van der Waals surface area contributed by atoms with E-state index in [1.165, 1.54) is 11.8 Å². The lowest BCUT2D eigenvalue weighted by molar-refractivity contribution is -0.150. The third-order valence-electron chi connectivity index (χ3n) is 2.87. The average molecular weight is 262 g/mol. The lowest BCUT2D eigenvalue weighted by Gasteiger charge is -2.38. The van der Waals surface area contributed by atoms with Gasteiger partial charge in [-0.3, -0.25) is 4.99 Å². The number of thioether (sulfide) groups is 1. The second-order valence-corrected chi connectivity index (χ2v) is 5.06. The molecule has 1 fully saturated rings. The minimum atomic E-state index is -0.948. The Morgan fingerprint density at radius 2 is 2.24 bits per heavy atom. The van der Waals surface area contributed by atoms with Crippen molar-refractivity contribution in [3.8, 4) is 0 Å². The summed E-state index contributed by atoms with van der Waals surface area (Å²) < 4.78 is 5.71. The number of aliphatic imine (C=N–C) groups is 1. The lowest BCUT2D eigenvalue weighted by atomic mass is 9.98. The Balaban J connectivity index is 2.02. The van der Waals surface area contributed by atoms with Crippen LogP contribution in [0.25, 0.3) is 0 Å². The van der Waals surface area contributed by atoms with E-state index in [0.29, 0.717) is 13.2 Å². The third-order valence-corrected chi connectivity index (χ3v) is 4.02. The van der Waals surface area contributed by atoms with Crippen LogP contribution in [0.5, 0.6) is 0 Å². The molecule has 0 aliphatic carbocycles. The van der Waals surface area contributed by atoms with Crippen LogP contribution in [0.15, 0.2) is 4.99 Å². The molecule has 0 radical (unpaired) electrons. The van der Waals surface area contributed by atoms with Gasteiger partial charge in [-0.1, -0.05) is 11.8 Å². The zero-order chi connectivity index (χ0) is 12.4. The molecule has 17 heavy (non-hydrogen) atoms. The van der Waals surface area contributed by atoms with Crippen LogP contribution in [0, 0.1) is 0 Å². The minimum absolute atomic E-state index is 0.250. The first-order valence-electron chi connectivity index (χ1n) is 5.52. The van der Waals surface area contributed by atoms with Gasteiger partial charge in [0.05, 0.1) is 0 Å². The molecular weight excluding hydrogens is 244 g/mol. The summed E-state index contributed by atoms with van der Waals surface area (Å²) in [5, 5.41) is 26.4. The highest BCUT2D eigenvalue weighted by molar-refractivity contribution is 8.14. The summed E-state index contributed by atoms with van der Waals surface area (Å²) in [6.07, 6.45) is -2.32. The van der Waals surface area contributed by atoms with E-state index in [-0.39, 0.29) is 5.44 Å². The molecule has 5 atom stereocenters. The molecule has 2 aliphatic heterocycles. The fourth-order valence-electron chi connectivity index (χ4n) is 1.94. The molecule has 0 unspecified atom stereocenters. The van der Waals surface area contributed by atoms with Gasteiger partial charge in [0.15, 0.2) is 5.17 Å². The van der Waals surface area contributed by atoms with E-state index in [1.807, 2.05) is 0 Å². The Morgan fingerprint density at radius 1 is 1.47 bits per heavy atom. The summed E-state index contributed by atoms with van der Waals surface area (Å²) in [5.74, 6) is 0. The van der Waals surface area contributed by atoms with E-state index < -0.39 is 24.4 Å². The first-order valence-corrected chi connectivity index (χ1v) is 6.40. The normalized spacial score (nSPS) is 40.9. The van der Waals surface area contributed by atoms with Gasteiger partial charge in [-0.25, -0.2) is 0 Å². The van der Waals surface area contributed by atoms with Gasteiger partial charge in [0.2, 0.25) is 0 Å². The van der Waals surface area contributed by atoms with Crippen LogP contribution in [-0.2, 0) is 4.74 Å². The van der Waals surface area contributed by atoms with Crippen molar-refractivity contribution in [2.45, 2.75) is 29.8 Å². The van der Waals surface area contributed by atoms with Crippen LogP contribution < -0.4 is 16.4 Å². The summed E-state index contributed by atoms with van der Waals surface area (Å²) in [7, 11) is 1.76. The number of nitrogens with two attached hydrogens (primary N) is 1. The monoisotopic (exact) mass is 262 g/mol. The van der Waals surface area contributed by atoms with E-state index in [2.05, 4.69) is 15.6 Å². The van der Waals surface area contributed by atoms with Gasteiger partial charge in [0.25, 0.3) is 0 Å². The maximum atomic E-state index is 9.99. The molecule has 8 heteroatoms. The predicted octanol–water partition coefficient (Wildman–Crippen LogP) is -2.37. The van der Waals surface area contributed by atoms with Gasteiger partial charge < -0.3 is 31.3 Å². The molecule has 0 bridgehead atoms. The highest BCUT2D eigenvalue weighted by Gasteiger charge is 2.47. The Hall–Kier alpha value is -0.380. The van der Waals surface area contributed by atoms with Gasteiger partial charge in [-0.05, 0) is 0 Å². The Kier molecular flexibility index (Phi) is 4.23. The van der Waals surface area contributed by atoms with Crippen molar-refractivity contribution < 1.29 is 14.9 Å². The number of amidine groups is 1. The summed E-state index contributed by atoms with van der Waals surface area (Å²) in [6.45, 7) is 0.718. The molecule has 6 N–H and O–H groups in total. The van der Waals surface area contributed by atoms with Crippen LogP contribution >= 0.6 is 11.8 Å². The van der Waals surface area contributed by atoms with Crippen molar-refractivity contribution >= 4 is 16.9 Å². The molecule has 2 rings (SSSR count). The standard InChI is InChI=1S/C9H18N4O3S/c1-11-9-13-5-7(15)6(14)4(2-12-3-10)16-8(5)17-9/h4-8,12,14-15H,2-3,10H2,1H3,(H,11,13)/t4-,5-,6-,7-,8-/m1/s1. The zero-order valence-electron chi connectivity index (χ0n) is 9.54. The molecule has 0 spiro atoms. The van der Waals surface area contributed by atoms with Crippen molar-refractivity contribution in [1.29, 1.82) is 0 Å². The van der Waals surface area contributed by atoms with E-state index in [4.69, 9.17) is 10.5 Å². The number of aliphatic hydroxyl groups excluding tert-OH is 2. The first kappa shape index (κ1) is 13.1. The smallest absolute Gasteiger partial charge is 0.159 e. The molecule has 0 aromatic carbocycles. The fraction of sp³-hybridized carbons (Fsp3) is 0.889. The Morgan fingerprint density at radius 3 is 2.88 bits per heavy atom. The van der Waals surface area contributed by atoms with E-state index >= 15 is 0 Å². The lowest BCUT2D eigenvalue weighted by Crippen LogP contribution is -2.57. The van der Waals surface area contributed by atoms with Crippen LogP contribution in [0.3, 0.4) is 0 Å². The maximum absolute atomic E-state index is 9.99. The molecular formula is C9H18N4O3S. The number of nitrogens with one attached hydrogen (secondary N) is 2. The molecule has 1 saturated heterocycles. The highest BCUT2D eigenvalue weighted by Crippen LogP contribution is 2.35. The maximum Gasteiger partial charge on any atom is 0.159 e. The molecule has 2 heterocycles. The zero-order valence-corrected chi connectivity index (χ0v) is 10.4. The second-order valence-electron chi connectivity index (χ2n) is 3.98. The van der Waals surface area contributed by atoms with Gasteiger partial charge in [0.1, 0.15) is 29.8 Å². The van der Waals surface area contributed by atoms with E-state index in [9.17, 15) is 10.2 Å². The van der Waals surface area contributed by atoms with Crippen molar-refractivity contribution in [3.05, 3.63) is 0 Å². The molecule has 2 aliphatic rings. The van der Waals surface area contributed by atoms with Crippen LogP contribution in [0.4, 0.5) is 0 Å². The molecule has 98 valence electrons. The van der Waals surface area contributed by atoms with Crippen molar-refractivity contribution in [1.82, 2.24) is 10.6 Å². The first-order chi connectivity index (χ1) is 8.17. The summed E-state index contributed by atoms with van der Waals surface area (Å²) >= 11 is 1.42. The summed E-state index contributed by atoms with van der Waals surface area (Å²) in [4.78, 5) is 4.26. The molecule has 0 aromatic rings. The van der Waals surface area contributed by atoms with E-state index in [1.54, 1.807) is 7.05 Å². The second kappa shape index (κ2) is 5.51. The van der Waals surface area contributed by atoms with Gasteiger partial charge >= 0.3 is 0 Å². The number of nitrogens with zero attached hydrogens (tertiary/aromatic N) is 1. The average Bonchev–Trinajstić information content (AvgIpc) is 2.75. The molecule has 7 nitrogen and oxygen atoms in total.